The predicted octanol–water partition coefficient (Wildman–Crippen LogP) is 1.46. The minimum atomic E-state index is -0.692. The highest BCUT2D eigenvalue weighted by Crippen LogP contribution is 2.16. The van der Waals surface area contributed by atoms with Gasteiger partial charge >= 0.3 is 0 Å². The third kappa shape index (κ3) is 5.37. The molecule has 4 N–H and O–H groups in total. The summed E-state index contributed by atoms with van der Waals surface area (Å²) in [5.74, 6) is 0.878. The third-order valence-corrected chi connectivity index (χ3v) is 3.18. The maximum Gasteiger partial charge on any atom is 0.119 e. The van der Waals surface area contributed by atoms with Gasteiger partial charge in [-0.15, -0.1) is 0 Å². The van der Waals surface area contributed by atoms with E-state index in [4.69, 9.17) is 4.74 Å². The Labute approximate surface area is 129 Å². The summed E-state index contributed by atoms with van der Waals surface area (Å²) < 4.78 is 5.44. The van der Waals surface area contributed by atoms with E-state index in [0.29, 0.717) is 24.4 Å². The fourth-order valence-corrected chi connectivity index (χ4v) is 1.97. The average Bonchev–Trinajstić information content (AvgIpc) is 2.54. The Hall–Kier alpha value is -2.08. The van der Waals surface area contributed by atoms with Crippen LogP contribution >= 0.6 is 0 Å². The lowest BCUT2D eigenvalue weighted by Crippen LogP contribution is -2.33. The lowest BCUT2D eigenvalue weighted by molar-refractivity contribution is 0.0996. The fourth-order valence-electron chi connectivity index (χ4n) is 1.97. The molecule has 0 aromatic heterocycles. The Bertz CT molecular complexity index is 544. The molecule has 2 aromatic rings. The molecule has 0 aliphatic rings. The van der Waals surface area contributed by atoms with Gasteiger partial charge in [0, 0.05) is 13.1 Å². The quantitative estimate of drug-likeness (QED) is 0.593. The zero-order valence-corrected chi connectivity index (χ0v) is 12.2. The number of nitrogens with one attached hydrogen (secondary N) is 1. The average molecular weight is 303 g/mol. The molecule has 0 aliphatic heterocycles. The van der Waals surface area contributed by atoms with Crippen molar-refractivity contribution in [2.24, 2.45) is 0 Å². The summed E-state index contributed by atoms with van der Waals surface area (Å²) in [6, 6.07) is 15.7. The van der Waals surface area contributed by atoms with Crippen molar-refractivity contribution in [1.29, 1.82) is 0 Å². The molecule has 0 spiro atoms. The Morgan fingerprint density at radius 2 is 1.59 bits per heavy atom. The van der Waals surface area contributed by atoms with Crippen molar-refractivity contribution in [3.8, 4) is 11.5 Å². The molecular weight excluding hydrogens is 282 g/mol. The SMILES string of the molecule is Oc1ccc(C(O)CNCC(O)COc2ccccc2)cc1. The first-order valence-corrected chi connectivity index (χ1v) is 7.19. The first-order valence-electron chi connectivity index (χ1n) is 7.19. The molecule has 0 heterocycles. The highest BCUT2D eigenvalue weighted by Gasteiger charge is 2.09. The molecule has 22 heavy (non-hydrogen) atoms. The molecule has 0 aliphatic carbocycles. The van der Waals surface area contributed by atoms with Gasteiger partial charge in [-0.05, 0) is 29.8 Å². The molecule has 2 aromatic carbocycles. The number of aliphatic hydroxyl groups is 2. The molecule has 0 radical (unpaired) electrons. The van der Waals surface area contributed by atoms with Crippen LogP contribution in [0.1, 0.15) is 11.7 Å². The molecule has 0 saturated carbocycles. The molecule has 0 fully saturated rings. The second kappa shape index (κ2) is 8.38. The number of aliphatic hydroxyl groups excluding tert-OH is 2. The molecule has 5 heteroatoms. The summed E-state index contributed by atoms with van der Waals surface area (Å²) in [6.07, 6.45) is -1.35. The second-order valence-corrected chi connectivity index (χ2v) is 5.04. The van der Waals surface area contributed by atoms with Crippen molar-refractivity contribution in [1.82, 2.24) is 5.32 Å². The molecule has 2 rings (SSSR count). The molecule has 0 bridgehead atoms. The normalized spacial score (nSPS) is 13.5. The summed E-state index contributed by atoms with van der Waals surface area (Å²) in [5, 5.41) is 32.0. The zero-order chi connectivity index (χ0) is 15.8. The number of ether oxygens (including phenoxy) is 1. The van der Waals surface area contributed by atoms with E-state index in [1.54, 1.807) is 12.1 Å². The van der Waals surface area contributed by atoms with E-state index in [1.165, 1.54) is 12.1 Å². The maximum absolute atomic E-state index is 9.98. The van der Waals surface area contributed by atoms with Crippen LogP contribution in [0.3, 0.4) is 0 Å². The van der Waals surface area contributed by atoms with Gasteiger partial charge in [0.15, 0.2) is 0 Å². The van der Waals surface area contributed by atoms with Crippen molar-refractivity contribution in [3.05, 3.63) is 60.2 Å². The van der Waals surface area contributed by atoms with Crippen LogP contribution in [0.25, 0.3) is 0 Å². The van der Waals surface area contributed by atoms with E-state index in [-0.39, 0.29) is 12.4 Å². The van der Waals surface area contributed by atoms with Gasteiger partial charge < -0.3 is 25.4 Å². The Morgan fingerprint density at radius 3 is 2.27 bits per heavy atom. The molecule has 2 unspecified atom stereocenters. The first-order chi connectivity index (χ1) is 10.6. The van der Waals surface area contributed by atoms with Crippen LogP contribution in [0.4, 0.5) is 0 Å². The van der Waals surface area contributed by atoms with Gasteiger partial charge in [-0.25, -0.2) is 0 Å². The molecular formula is C17H21NO4. The zero-order valence-electron chi connectivity index (χ0n) is 12.2. The van der Waals surface area contributed by atoms with Crippen molar-refractivity contribution in [3.63, 3.8) is 0 Å². The minimum absolute atomic E-state index is 0.164. The maximum atomic E-state index is 9.98. The summed E-state index contributed by atoms with van der Waals surface area (Å²) in [7, 11) is 0. The van der Waals surface area contributed by atoms with E-state index in [9.17, 15) is 15.3 Å². The molecule has 5 nitrogen and oxygen atoms in total. The number of aromatic hydroxyl groups is 1. The van der Waals surface area contributed by atoms with Crippen molar-refractivity contribution in [2.45, 2.75) is 12.2 Å². The van der Waals surface area contributed by atoms with Gasteiger partial charge in [-0.2, -0.15) is 0 Å². The number of phenols is 1. The second-order valence-electron chi connectivity index (χ2n) is 5.04. The van der Waals surface area contributed by atoms with Crippen LogP contribution in [0.15, 0.2) is 54.6 Å². The van der Waals surface area contributed by atoms with E-state index < -0.39 is 12.2 Å². The number of hydrogen-bond donors (Lipinski definition) is 4. The number of rotatable bonds is 8. The fraction of sp³-hybridized carbons (Fsp3) is 0.294. The van der Waals surface area contributed by atoms with Crippen LogP contribution in [0, 0.1) is 0 Å². The number of phenolic OH excluding ortho intramolecular Hbond substituents is 1. The third-order valence-electron chi connectivity index (χ3n) is 3.18. The summed E-state index contributed by atoms with van der Waals surface area (Å²) in [5.41, 5.74) is 0.709. The number of benzene rings is 2. The molecule has 118 valence electrons. The Morgan fingerprint density at radius 1 is 0.909 bits per heavy atom. The number of para-hydroxylation sites is 1. The van der Waals surface area contributed by atoms with Gasteiger partial charge in [0.05, 0.1) is 6.10 Å². The number of hydrogen-bond acceptors (Lipinski definition) is 5. The van der Waals surface area contributed by atoms with Gasteiger partial charge in [-0.1, -0.05) is 30.3 Å². The van der Waals surface area contributed by atoms with E-state index in [1.807, 2.05) is 30.3 Å². The van der Waals surface area contributed by atoms with Gasteiger partial charge in [0.25, 0.3) is 0 Å². The van der Waals surface area contributed by atoms with Crippen molar-refractivity contribution < 1.29 is 20.1 Å². The monoisotopic (exact) mass is 303 g/mol. The van der Waals surface area contributed by atoms with Gasteiger partial charge in [0.1, 0.15) is 24.2 Å². The van der Waals surface area contributed by atoms with Crippen molar-refractivity contribution in [2.75, 3.05) is 19.7 Å². The van der Waals surface area contributed by atoms with Crippen LogP contribution in [0.5, 0.6) is 11.5 Å². The highest BCUT2D eigenvalue weighted by molar-refractivity contribution is 5.27. The van der Waals surface area contributed by atoms with Crippen LogP contribution in [-0.2, 0) is 0 Å². The van der Waals surface area contributed by atoms with Crippen LogP contribution in [-0.4, -0.2) is 41.1 Å². The van der Waals surface area contributed by atoms with Crippen LogP contribution in [0.2, 0.25) is 0 Å². The minimum Gasteiger partial charge on any atom is -0.508 e. The lowest BCUT2D eigenvalue weighted by Gasteiger charge is -2.16. The lowest BCUT2D eigenvalue weighted by atomic mass is 10.1. The van der Waals surface area contributed by atoms with E-state index >= 15 is 0 Å². The Balaban J connectivity index is 1.66. The topological polar surface area (TPSA) is 82.0 Å². The molecule has 0 saturated heterocycles. The highest BCUT2D eigenvalue weighted by atomic mass is 16.5. The van der Waals surface area contributed by atoms with Gasteiger partial charge in [0.2, 0.25) is 0 Å². The first kappa shape index (κ1) is 16.3. The van der Waals surface area contributed by atoms with E-state index in [2.05, 4.69) is 5.32 Å². The smallest absolute Gasteiger partial charge is 0.119 e. The summed E-state index contributed by atoms with van der Waals surface area (Å²) in [4.78, 5) is 0. The summed E-state index contributed by atoms with van der Waals surface area (Å²) >= 11 is 0. The molecule has 0 amide bonds. The largest absolute Gasteiger partial charge is 0.508 e. The summed E-state index contributed by atoms with van der Waals surface area (Å²) in [6.45, 7) is 0.821. The van der Waals surface area contributed by atoms with Crippen LogP contribution < -0.4 is 10.1 Å². The Kier molecular flexibility index (Phi) is 6.21. The van der Waals surface area contributed by atoms with Gasteiger partial charge in [-0.3, -0.25) is 0 Å². The predicted molar refractivity (Wildman–Crippen MR) is 83.9 cm³/mol. The standard InChI is InChI=1S/C17H21NO4/c19-14-8-6-13(7-9-14)17(21)11-18-10-15(20)12-22-16-4-2-1-3-5-16/h1-9,15,17-21H,10-12H2. The van der Waals surface area contributed by atoms with Crippen molar-refractivity contribution >= 4 is 0 Å². The molecule has 2 atom stereocenters. The van der Waals surface area contributed by atoms with E-state index in [0.717, 1.165) is 0 Å².